The van der Waals surface area contributed by atoms with Crippen LogP contribution in [0.3, 0.4) is 0 Å². The fourth-order valence-corrected chi connectivity index (χ4v) is 2.11. The molecule has 0 radical (unpaired) electrons. The highest BCUT2D eigenvalue weighted by molar-refractivity contribution is 6.58. The third-order valence-corrected chi connectivity index (χ3v) is 3.65. The van der Waals surface area contributed by atoms with Gasteiger partial charge in [0.05, 0.1) is 6.54 Å². The molecule has 0 saturated heterocycles. The fourth-order valence-electron chi connectivity index (χ4n) is 1.74. The standard InChI is InChI=1S/C13H12Cl2N2O2/c1-16(2)9-5-3-8(4-6-9)7-17-12(18)10(14)11(15)13(17)19/h3-6H,7H2,1-2H3. The normalized spacial score (nSPS) is 15.5. The van der Waals surface area contributed by atoms with E-state index in [1.165, 1.54) is 0 Å². The van der Waals surface area contributed by atoms with Crippen LogP contribution in [0, 0.1) is 0 Å². The average Bonchev–Trinajstić information content (AvgIpc) is 2.57. The molecule has 100 valence electrons. The monoisotopic (exact) mass is 298 g/mol. The summed E-state index contributed by atoms with van der Waals surface area (Å²) in [5.74, 6) is -1.10. The van der Waals surface area contributed by atoms with Crippen LogP contribution in [0.25, 0.3) is 0 Å². The van der Waals surface area contributed by atoms with Crippen LogP contribution in [0.5, 0.6) is 0 Å². The highest BCUT2D eigenvalue weighted by atomic mass is 35.5. The lowest BCUT2D eigenvalue weighted by Crippen LogP contribution is -2.30. The van der Waals surface area contributed by atoms with Crippen molar-refractivity contribution in [2.75, 3.05) is 19.0 Å². The van der Waals surface area contributed by atoms with Crippen molar-refractivity contribution in [1.29, 1.82) is 0 Å². The number of carbonyl (C=O) groups is 2. The minimum Gasteiger partial charge on any atom is -0.378 e. The van der Waals surface area contributed by atoms with Gasteiger partial charge in [0.1, 0.15) is 10.1 Å². The van der Waals surface area contributed by atoms with E-state index in [4.69, 9.17) is 23.2 Å². The molecule has 1 heterocycles. The summed E-state index contributed by atoms with van der Waals surface area (Å²) in [7, 11) is 3.87. The molecule has 0 spiro atoms. The van der Waals surface area contributed by atoms with Crippen molar-refractivity contribution in [2.24, 2.45) is 0 Å². The predicted octanol–water partition coefficient (Wildman–Crippen LogP) is 2.31. The Morgan fingerprint density at radius 2 is 1.47 bits per heavy atom. The van der Waals surface area contributed by atoms with Crippen LogP contribution in [0.15, 0.2) is 34.3 Å². The van der Waals surface area contributed by atoms with Crippen LogP contribution in [0.4, 0.5) is 5.69 Å². The summed E-state index contributed by atoms with van der Waals surface area (Å²) in [4.78, 5) is 26.5. The van der Waals surface area contributed by atoms with Crippen molar-refractivity contribution < 1.29 is 9.59 Å². The van der Waals surface area contributed by atoms with Crippen molar-refractivity contribution in [3.63, 3.8) is 0 Å². The molecule has 1 aromatic carbocycles. The van der Waals surface area contributed by atoms with Gasteiger partial charge >= 0.3 is 0 Å². The van der Waals surface area contributed by atoms with Crippen molar-refractivity contribution in [3.05, 3.63) is 39.9 Å². The van der Waals surface area contributed by atoms with Gasteiger partial charge in [-0.25, -0.2) is 0 Å². The van der Waals surface area contributed by atoms with Crippen molar-refractivity contribution >= 4 is 40.7 Å². The van der Waals surface area contributed by atoms with E-state index in [0.29, 0.717) is 0 Å². The van der Waals surface area contributed by atoms with Gasteiger partial charge in [-0.05, 0) is 17.7 Å². The summed E-state index contributed by atoms with van der Waals surface area (Å²) in [5.41, 5.74) is 1.88. The van der Waals surface area contributed by atoms with Crippen LogP contribution in [0.1, 0.15) is 5.56 Å². The number of amides is 2. The lowest BCUT2D eigenvalue weighted by molar-refractivity contribution is -0.137. The zero-order chi connectivity index (χ0) is 14.2. The smallest absolute Gasteiger partial charge is 0.274 e. The minimum atomic E-state index is -0.548. The Morgan fingerprint density at radius 3 is 1.89 bits per heavy atom. The maximum atomic E-state index is 11.7. The Bertz CT molecular complexity index is 541. The lowest BCUT2D eigenvalue weighted by Gasteiger charge is -2.16. The van der Waals surface area contributed by atoms with Gasteiger partial charge in [-0.2, -0.15) is 0 Å². The quantitative estimate of drug-likeness (QED) is 0.804. The third-order valence-electron chi connectivity index (χ3n) is 2.85. The first kappa shape index (κ1) is 13.9. The zero-order valence-corrected chi connectivity index (χ0v) is 12.0. The molecule has 4 nitrogen and oxygen atoms in total. The number of carbonyl (C=O) groups excluding carboxylic acids is 2. The van der Waals surface area contributed by atoms with Crippen LogP contribution in [0.2, 0.25) is 0 Å². The predicted molar refractivity (Wildman–Crippen MR) is 75.1 cm³/mol. The molecule has 0 aromatic heterocycles. The van der Waals surface area contributed by atoms with E-state index < -0.39 is 11.8 Å². The molecule has 0 N–H and O–H groups in total. The van der Waals surface area contributed by atoms with Crippen LogP contribution in [-0.4, -0.2) is 30.8 Å². The van der Waals surface area contributed by atoms with E-state index in [2.05, 4.69) is 0 Å². The summed E-state index contributed by atoms with van der Waals surface area (Å²) < 4.78 is 0. The molecule has 2 amide bonds. The average molecular weight is 299 g/mol. The van der Waals surface area contributed by atoms with Gasteiger partial charge in [0, 0.05) is 19.8 Å². The Labute approximate surface area is 121 Å². The Hall–Kier alpha value is -1.52. The summed E-state index contributed by atoms with van der Waals surface area (Å²) in [6, 6.07) is 7.54. The molecule has 0 atom stereocenters. The molecule has 0 bridgehead atoms. The molecule has 0 unspecified atom stereocenters. The largest absolute Gasteiger partial charge is 0.378 e. The van der Waals surface area contributed by atoms with E-state index in [1.807, 2.05) is 43.3 Å². The van der Waals surface area contributed by atoms with Crippen molar-refractivity contribution in [1.82, 2.24) is 4.90 Å². The van der Waals surface area contributed by atoms with Gasteiger partial charge in [-0.1, -0.05) is 35.3 Å². The Balaban J connectivity index is 2.15. The fraction of sp³-hybridized carbons (Fsp3) is 0.231. The number of hydrogen-bond donors (Lipinski definition) is 0. The van der Waals surface area contributed by atoms with Gasteiger partial charge in [0.25, 0.3) is 11.8 Å². The second kappa shape index (κ2) is 5.23. The third kappa shape index (κ3) is 2.60. The SMILES string of the molecule is CN(C)c1ccc(CN2C(=O)C(Cl)=C(Cl)C2=O)cc1. The number of rotatable bonds is 3. The van der Waals surface area contributed by atoms with Crippen LogP contribution < -0.4 is 4.90 Å². The summed E-state index contributed by atoms with van der Waals surface area (Å²) in [6.07, 6.45) is 0. The molecule has 1 aliphatic rings. The van der Waals surface area contributed by atoms with Gasteiger partial charge in [-0.15, -0.1) is 0 Å². The van der Waals surface area contributed by atoms with Gasteiger partial charge in [0.2, 0.25) is 0 Å². The van der Waals surface area contributed by atoms with Crippen molar-refractivity contribution in [2.45, 2.75) is 6.54 Å². The zero-order valence-electron chi connectivity index (χ0n) is 10.5. The summed E-state index contributed by atoms with van der Waals surface area (Å²) in [5, 5.41) is -0.423. The van der Waals surface area contributed by atoms with Crippen LogP contribution >= 0.6 is 23.2 Å². The summed E-state index contributed by atoms with van der Waals surface area (Å²) >= 11 is 11.3. The molecule has 0 aliphatic carbocycles. The minimum absolute atomic E-state index is 0.164. The molecule has 0 saturated carbocycles. The molecule has 2 rings (SSSR count). The Kier molecular flexibility index (Phi) is 3.83. The van der Waals surface area contributed by atoms with E-state index in [-0.39, 0.29) is 16.6 Å². The highest BCUT2D eigenvalue weighted by Crippen LogP contribution is 2.28. The number of imide groups is 1. The molecule has 6 heteroatoms. The first-order valence-electron chi connectivity index (χ1n) is 5.59. The number of nitrogens with zero attached hydrogens (tertiary/aromatic N) is 2. The highest BCUT2D eigenvalue weighted by Gasteiger charge is 2.36. The lowest BCUT2D eigenvalue weighted by atomic mass is 10.2. The molecule has 1 aliphatic heterocycles. The maximum Gasteiger partial charge on any atom is 0.274 e. The van der Waals surface area contributed by atoms with Crippen LogP contribution in [-0.2, 0) is 16.1 Å². The first-order valence-corrected chi connectivity index (χ1v) is 6.35. The number of anilines is 1. The van der Waals surface area contributed by atoms with E-state index in [9.17, 15) is 9.59 Å². The molecular weight excluding hydrogens is 287 g/mol. The Morgan fingerprint density at radius 1 is 1.00 bits per heavy atom. The number of halogens is 2. The van der Waals surface area contributed by atoms with E-state index >= 15 is 0 Å². The second-order valence-corrected chi connectivity index (χ2v) is 5.14. The van der Waals surface area contributed by atoms with E-state index in [0.717, 1.165) is 16.2 Å². The molecule has 1 aromatic rings. The maximum absolute atomic E-state index is 11.7. The van der Waals surface area contributed by atoms with Crippen molar-refractivity contribution in [3.8, 4) is 0 Å². The summed E-state index contributed by atoms with van der Waals surface area (Å²) in [6.45, 7) is 0.164. The number of hydrogen-bond acceptors (Lipinski definition) is 3. The van der Waals surface area contributed by atoms with Gasteiger partial charge in [-0.3, -0.25) is 14.5 Å². The van der Waals surface area contributed by atoms with Gasteiger partial charge in [0.15, 0.2) is 0 Å². The first-order chi connectivity index (χ1) is 8.91. The topological polar surface area (TPSA) is 40.6 Å². The second-order valence-electron chi connectivity index (χ2n) is 4.39. The molecule has 19 heavy (non-hydrogen) atoms. The molecular formula is C13H12Cl2N2O2. The number of benzene rings is 1. The van der Waals surface area contributed by atoms with Gasteiger partial charge < -0.3 is 4.90 Å². The van der Waals surface area contributed by atoms with E-state index in [1.54, 1.807) is 0 Å². The molecule has 0 fully saturated rings.